The summed E-state index contributed by atoms with van der Waals surface area (Å²) in [7, 11) is 0. The van der Waals surface area contributed by atoms with Gasteiger partial charge in [0.2, 0.25) is 0 Å². The Morgan fingerprint density at radius 1 is 1.60 bits per heavy atom. The first-order valence-electron chi connectivity index (χ1n) is 6.27. The van der Waals surface area contributed by atoms with Gasteiger partial charge in [0.1, 0.15) is 10.2 Å². The van der Waals surface area contributed by atoms with Crippen LogP contribution >= 0.6 is 15.9 Å². The van der Waals surface area contributed by atoms with Crippen LogP contribution in [-0.2, 0) is 13.0 Å². The van der Waals surface area contributed by atoms with Gasteiger partial charge in [-0.15, -0.1) is 0 Å². The topological polar surface area (TPSA) is 80.3 Å². The fourth-order valence-corrected chi connectivity index (χ4v) is 2.29. The lowest BCUT2D eigenvalue weighted by Gasteiger charge is -2.15. The summed E-state index contributed by atoms with van der Waals surface area (Å²) < 4.78 is 6.91. The van der Waals surface area contributed by atoms with Crippen molar-refractivity contribution in [2.75, 3.05) is 11.9 Å². The van der Waals surface area contributed by atoms with E-state index in [0.717, 1.165) is 5.76 Å². The van der Waals surface area contributed by atoms with E-state index in [1.54, 1.807) is 12.5 Å². The smallest absolute Gasteiger partial charge is 0.283 e. The highest BCUT2D eigenvalue weighted by atomic mass is 79.9. The van der Waals surface area contributed by atoms with E-state index >= 15 is 0 Å². The highest BCUT2D eigenvalue weighted by molar-refractivity contribution is 9.10. The van der Waals surface area contributed by atoms with Crippen molar-refractivity contribution in [3.8, 4) is 0 Å². The third-order valence-corrected chi connectivity index (χ3v) is 3.55. The van der Waals surface area contributed by atoms with E-state index in [2.05, 4.69) is 26.3 Å². The molecular weight excluding hydrogens is 326 g/mol. The predicted octanol–water partition coefficient (Wildman–Crippen LogP) is 1.63. The van der Waals surface area contributed by atoms with Crippen molar-refractivity contribution in [3.05, 3.63) is 45.2 Å². The number of anilines is 1. The van der Waals surface area contributed by atoms with Crippen molar-refractivity contribution in [1.29, 1.82) is 0 Å². The van der Waals surface area contributed by atoms with Crippen molar-refractivity contribution in [2.24, 2.45) is 0 Å². The maximum atomic E-state index is 12.0. The normalized spacial score (nSPS) is 12.3. The SMILES string of the molecule is CC(Cc1ccco1)Nc1cnn(CCO)c(=O)c1Br. The highest BCUT2D eigenvalue weighted by Crippen LogP contribution is 2.18. The van der Waals surface area contributed by atoms with Gasteiger partial charge in [-0.2, -0.15) is 5.10 Å². The molecule has 0 aliphatic heterocycles. The lowest BCUT2D eigenvalue weighted by atomic mass is 10.2. The van der Waals surface area contributed by atoms with Gasteiger partial charge in [0.05, 0.1) is 31.3 Å². The molecule has 1 atom stereocenters. The third kappa shape index (κ3) is 3.49. The number of aliphatic hydroxyl groups is 1. The van der Waals surface area contributed by atoms with Crippen LogP contribution in [0.4, 0.5) is 5.69 Å². The zero-order valence-electron chi connectivity index (χ0n) is 11.0. The monoisotopic (exact) mass is 341 g/mol. The molecule has 0 amide bonds. The Morgan fingerprint density at radius 2 is 2.40 bits per heavy atom. The van der Waals surface area contributed by atoms with Crippen molar-refractivity contribution in [2.45, 2.75) is 25.9 Å². The van der Waals surface area contributed by atoms with E-state index < -0.39 is 0 Å². The second-order valence-corrected chi connectivity index (χ2v) is 5.25. The predicted molar refractivity (Wildman–Crippen MR) is 78.8 cm³/mol. The van der Waals surface area contributed by atoms with E-state index in [1.807, 2.05) is 19.1 Å². The summed E-state index contributed by atoms with van der Waals surface area (Å²) in [4.78, 5) is 12.0. The number of aromatic nitrogens is 2. The van der Waals surface area contributed by atoms with Crippen LogP contribution in [0.5, 0.6) is 0 Å². The first-order chi connectivity index (χ1) is 9.61. The molecule has 1 unspecified atom stereocenters. The standard InChI is InChI=1S/C13H16BrN3O3/c1-9(7-10-3-2-6-20-10)16-11-8-15-17(4-5-18)13(19)12(11)14/h2-3,6,8-9,16,18H,4-5,7H2,1H3. The highest BCUT2D eigenvalue weighted by Gasteiger charge is 2.12. The van der Waals surface area contributed by atoms with Crippen LogP contribution in [0.3, 0.4) is 0 Å². The van der Waals surface area contributed by atoms with Crippen LogP contribution in [0, 0.1) is 0 Å². The minimum Gasteiger partial charge on any atom is -0.469 e. The number of furan rings is 1. The van der Waals surface area contributed by atoms with Gasteiger partial charge in [-0.25, -0.2) is 4.68 Å². The van der Waals surface area contributed by atoms with Gasteiger partial charge < -0.3 is 14.8 Å². The largest absolute Gasteiger partial charge is 0.469 e. The number of rotatable bonds is 6. The van der Waals surface area contributed by atoms with Gasteiger partial charge in [-0.05, 0) is 35.0 Å². The number of aliphatic hydroxyl groups excluding tert-OH is 1. The average molecular weight is 342 g/mol. The summed E-state index contributed by atoms with van der Waals surface area (Å²) in [5.41, 5.74) is 0.359. The van der Waals surface area contributed by atoms with Crippen LogP contribution in [0.15, 0.2) is 38.3 Å². The number of hydrogen-bond acceptors (Lipinski definition) is 5. The second kappa shape index (κ2) is 6.71. The van der Waals surface area contributed by atoms with Gasteiger partial charge in [0, 0.05) is 12.5 Å². The Bertz CT molecular complexity index is 610. The van der Waals surface area contributed by atoms with Gasteiger partial charge in [-0.3, -0.25) is 4.79 Å². The van der Waals surface area contributed by atoms with E-state index in [-0.39, 0.29) is 24.8 Å². The van der Waals surface area contributed by atoms with Crippen LogP contribution in [0.1, 0.15) is 12.7 Å². The third-order valence-electron chi connectivity index (χ3n) is 2.79. The zero-order chi connectivity index (χ0) is 14.5. The van der Waals surface area contributed by atoms with Crippen LogP contribution in [0.25, 0.3) is 0 Å². The first kappa shape index (κ1) is 14.8. The fourth-order valence-electron chi connectivity index (χ4n) is 1.87. The maximum absolute atomic E-state index is 12.0. The Labute approximate surface area is 124 Å². The molecule has 2 N–H and O–H groups in total. The molecule has 2 rings (SSSR count). The molecule has 0 fully saturated rings. The quantitative estimate of drug-likeness (QED) is 0.834. The molecule has 0 aromatic carbocycles. The first-order valence-corrected chi connectivity index (χ1v) is 7.06. The average Bonchev–Trinajstić information content (AvgIpc) is 2.91. The van der Waals surface area contributed by atoms with E-state index in [9.17, 15) is 4.79 Å². The van der Waals surface area contributed by atoms with E-state index in [0.29, 0.717) is 16.6 Å². The lowest BCUT2D eigenvalue weighted by molar-refractivity contribution is 0.266. The molecule has 0 aliphatic rings. The number of nitrogens with one attached hydrogen (secondary N) is 1. The molecule has 7 heteroatoms. The minimum absolute atomic E-state index is 0.0901. The van der Waals surface area contributed by atoms with Gasteiger partial charge >= 0.3 is 0 Å². The Kier molecular flexibility index (Phi) is 4.97. The maximum Gasteiger partial charge on any atom is 0.283 e. The van der Waals surface area contributed by atoms with Gasteiger partial charge in [-0.1, -0.05) is 0 Å². The molecule has 0 spiro atoms. The van der Waals surface area contributed by atoms with Gasteiger partial charge in [0.25, 0.3) is 5.56 Å². The minimum atomic E-state index is -0.269. The van der Waals surface area contributed by atoms with Gasteiger partial charge in [0.15, 0.2) is 0 Å². The molecule has 108 valence electrons. The molecular formula is C13H16BrN3O3. The summed E-state index contributed by atoms with van der Waals surface area (Å²) in [6.45, 7) is 2.05. The fraction of sp³-hybridized carbons (Fsp3) is 0.385. The summed E-state index contributed by atoms with van der Waals surface area (Å²) in [6, 6.07) is 3.84. The van der Waals surface area contributed by atoms with Crippen LogP contribution < -0.4 is 10.9 Å². The molecule has 0 aliphatic carbocycles. The number of nitrogens with zero attached hydrogens (tertiary/aromatic N) is 2. The molecule has 0 saturated carbocycles. The Morgan fingerprint density at radius 3 is 3.05 bits per heavy atom. The molecule has 2 aromatic rings. The molecule has 6 nitrogen and oxygen atoms in total. The zero-order valence-corrected chi connectivity index (χ0v) is 12.6. The Balaban J connectivity index is 2.09. The Hall–Kier alpha value is -1.60. The molecule has 0 bridgehead atoms. The van der Waals surface area contributed by atoms with Crippen molar-refractivity contribution >= 4 is 21.6 Å². The summed E-state index contributed by atoms with van der Waals surface area (Å²) in [5.74, 6) is 0.878. The van der Waals surface area contributed by atoms with E-state index in [1.165, 1.54) is 4.68 Å². The second-order valence-electron chi connectivity index (χ2n) is 4.45. The number of halogens is 1. The number of hydrogen-bond donors (Lipinski definition) is 2. The lowest BCUT2D eigenvalue weighted by Crippen LogP contribution is -2.27. The summed E-state index contributed by atoms with van der Waals surface area (Å²) >= 11 is 3.27. The van der Waals surface area contributed by atoms with Crippen molar-refractivity contribution < 1.29 is 9.52 Å². The molecule has 2 aromatic heterocycles. The van der Waals surface area contributed by atoms with Crippen molar-refractivity contribution in [1.82, 2.24) is 9.78 Å². The van der Waals surface area contributed by atoms with Crippen LogP contribution in [0.2, 0.25) is 0 Å². The summed E-state index contributed by atoms with van der Waals surface area (Å²) in [6.07, 6.45) is 3.91. The van der Waals surface area contributed by atoms with E-state index in [4.69, 9.17) is 9.52 Å². The molecule has 2 heterocycles. The summed E-state index contributed by atoms with van der Waals surface area (Å²) in [5, 5.41) is 16.1. The van der Waals surface area contributed by atoms with Crippen molar-refractivity contribution in [3.63, 3.8) is 0 Å². The molecule has 0 saturated heterocycles. The molecule has 20 heavy (non-hydrogen) atoms. The molecule has 0 radical (unpaired) electrons. The van der Waals surface area contributed by atoms with Crippen LogP contribution in [-0.4, -0.2) is 27.5 Å².